The molecule has 5 rings (SSSR count). The summed E-state index contributed by atoms with van der Waals surface area (Å²) in [4.78, 5) is 16.5. The van der Waals surface area contributed by atoms with Crippen LogP contribution in [-0.2, 0) is 0 Å². The van der Waals surface area contributed by atoms with Gasteiger partial charge in [-0.3, -0.25) is 0 Å². The third-order valence-electron chi connectivity index (χ3n) is 4.16. The Balaban J connectivity index is 1.54. The highest BCUT2D eigenvalue weighted by Crippen LogP contribution is 2.28. The highest BCUT2D eigenvalue weighted by atomic mass is 15.1. The molecule has 0 unspecified atom stereocenters. The number of aromatic amines is 1. The molecule has 120 valence electrons. The number of rotatable bonds is 3. The predicted octanol–water partition coefficient (Wildman–Crippen LogP) is 4.02. The molecule has 0 aliphatic carbocycles. The SMILES string of the molecule is c1ccc(Nc2ncc3c(-c4ccc5nccn5c4)c[nH]c3n2)cc1. The second-order valence-electron chi connectivity index (χ2n) is 5.76. The van der Waals surface area contributed by atoms with Crippen molar-refractivity contribution in [3.8, 4) is 11.1 Å². The Morgan fingerprint density at radius 1 is 1.00 bits per heavy atom. The summed E-state index contributed by atoms with van der Waals surface area (Å²) in [5.41, 5.74) is 4.84. The average Bonchev–Trinajstić information content (AvgIpc) is 3.28. The van der Waals surface area contributed by atoms with Gasteiger partial charge >= 0.3 is 0 Å². The molecule has 6 heteroatoms. The Kier molecular flexibility index (Phi) is 3.00. The Morgan fingerprint density at radius 3 is 2.84 bits per heavy atom. The Hall–Kier alpha value is -3.67. The summed E-state index contributed by atoms with van der Waals surface area (Å²) in [6.45, 7) is 0. The van der Waals surface area contributed by atoms with Gasteiger partial charge in [-0.25, -0.2) is 9.97 Å². The largest absolute Gasteiger partial charge is 0.345 e. The lowest BCUT2D eigenvalue weighted by Crippen LogP contribution is -1.96. The molecule has 1 aromatic carbocycles. The van der Waals surface area contributed by atoms with Gasteiger partial charge in [-0.1, -0.05) is 18.2 Å². The molecule has 0 aliphatic heterocycles. The van der Waals surface area contributed by atoms with Crippen LogP contribution in [0.3, 0.4) is 0 Å². The standard InChI is InChI=1S/C19H14N6/c1-2-4-14(5-3-1)23-19-22-11-16-15(10-21-18(16)24-19)13-6-7-17-20-8-9-25(17)12-13/h1-12H,(H2,21,22,23,24). The molecule has 0 saturated heterocycles. The minimum absolute atomic E-state index is 0.567. The third-order valence-corrected chi connectivity index (χ3v) is 4.16. The molecule has 6 nitrogen and oxygen atoms in total. The Morgan fingerprint density at radius 2 is 1.92 bits per heavy atom. The van der Waals surface area contributed by atoms with Crippen LogP contribution in [0.5, 0.6) is 0 Å². The fourth-order valence-corrected chi connectivity index (χ4v) is 2.94. The van der Waals surface area contributed by atoms with Crippen molar-refractivity contribution < 1.29 is 0 Å². The maximum absolute atomic E-state index is 4.57. The van der Waals surface area contributed by atoms with E-state index in [2.05, 4.69) is 37.5 Å². The van der Waals surface area contributed by atoms with Gasteiger partial charge in [0.1, 0.15) is 11.3 Å². The van der Waals surface area contributed by atoms with Crippen molar-refractivity contribution in [1.29, 1.82) is 0 Å². The van der Waals surface area contributed by atoms with E-state index in [9.17, 15) is 0 Å². The van der Waals surface area contributed by atoms with Crippen LogP contribution in [0.2, 0.25) is 0 Å². The predicted molar refractivity (Wildman–Crippen MR) is 97.8 cm³/mol. The third kappa shape index (κ3) is 2.40. The molecule has 0 amide bonds. The van der Waals surface area contributed by atoms with Crippen LogP contribution in [-0.4, -0.2) is 24.3 Å². The fourth-order valence-electron chi connectivity index (χ4n) is 2.94. The Labute approximate surface area is 143 Å². The van der Waals surface area contributed by atoms with Crippen LogP contribution in [0.4, 0.5) is 11.6 Å². The van der Waals surface area contributed by atoms with Crippen molar-refractivity contribution >= 4 is 28.3 Å². The highest BCUT2D eigenvalue weighted by Gasteiger charge is 2.10. The van der Waals surface area contributed by atoms with Crippen molar-refractivity contribution in [3.63, 3.8) is 0 Å². The molecule has 0 atom stereocenters. The smallest absolute Gasteiger partial charge is 0.229 e. The molecule has 0 radical (unpaired) electrons. The van der Waals surface area contributed by atoms with Crippen LogP contribution in [0.25, 0.3) is 27.8 Å². The second kappa shape index (κ2) is 5.45. The number of imidazole rings is 1. The number of hydrogen-bond acceptors (Lipinski definition) is 4. The lowest BCUT2D eigenvalue weighted by atomic mass is 10.1. The topological polar surface area (TPSA) is 70.9 Å². The van der Waals surface area contributed by atoms with Crippen LogP contribution >= 0.6 is 0 Å². The van der Waals surface area contributed by atoms with Crippen molar-refractivity contribution in [2.45, 2.75) is 0 Å². The van der Waals surface area contributed by atoms with Gasteiger partial charge in [0.2, 0.25) is 5.95 Å². The van der Waals surface area contributed by atoms with Gasteiger partial charge in [-0.05, 0) is 24.3 Å². The van der Waals surface area contributed by atoms with Crippen molar-refractivity contribution in [2.24, 2.45) is 0 Å². The number of H-pyrrole nitrogens is 1. The molecule has 2 N–H and O–H groups in total. The first-order chi connectivity index (χ1) is 12.4. The first-order valence-corrected chi connectivity index (χ1v) is 7.96. The molecule has 4 aromatic heterocycles. The van der Waals surface area contributed by atoms with E-state index in [1.54, 1.807) is 6.20 Å². The number of nitrogens with zero attached hydrogens (tertiary/aromatic N) is 4. The number of fused-ring (bicyclic) bond motifs is 2. The summed E-state index contributed by atoms with van der Waals surface area (Å²) >= 11 is 0. The fraction of sp³-hybridized carbons (Fsp3) is 0. The molecule has 0 aliphatic rings. The van der Waals surface area contributed by atoms with E-state index in [-0.39, 0.29) is 0 Å². The van der Waals surface area contributed by atoms with Gasteiger partial charge in [0, 0.05) is 53.2 Å². The minimum atomic E-state index is 0.567. The van der Waals surface area contributed by atoms with Crippen LogP contribution in [0.15, 0.2) is 73.4 Å². The molecule has 0 spiro atoms. The Bertz CT molecular complexity index is 1170. The minimum Gasteiger partial charge on any atom is -0.345 e. The van der Waals surface area contributed by atoms with Crippen LogP contribution < -0.4 is 5.32 Å². The van der Waals surface area contributed by atoms with Gasteiger partial charge in [-0.2, -0.15) is 4.98 Å². The number of nitrogens with one attached hydrogen (secondary N) is 2. The second-order valence-corrected chi connectivity index (χ2v) is 5.76. The molecule has 0 fully saturated rings. The summed E-state index contributed by atoms with van der Waals surface area (Å²) in [5, 5.41) is 4.20. The molecular formula is C19H14N6. The summed E-state index contributed by atoms with van der Waals surface area (Å²) < 4.78 is 2.00. The first kappa shape index (κ1) is 13.7. The molecule has 25 heavy (non-hydrogen) atoms. The van der Waals surface area contributed by atoms with E-state index in [1.807, 2.05) is 59.4 Å². The van der Waals surface area contributed by atoms with Crippen molar-refractivity contribution in [3.05, 3.63) is 73.4 Å². The highest BCUT2D eigenvalue weighted by molar-refractivity contribution is 5.93. The molecular weight excluding hydrogens is 312 g/mol. The van der Waals surface area contributed by atoms with Gasteiger partial charge in [0.05, 0.1) is 0 Å². The van der Waals surface area contributed by atoms with E-state index in [0.717, 1.165) is 33.5 Å². The van der Waals surface area contributed by atoms with Gasteiger partial charge in [-0.15, -0.1) is 0 Å². The van der Waals surface area contributed by atoms with Gasteiger partial charge in [0.15, 0.2) is 0 Å². The van der Waals surface area contributed by atoms with Crippen molar-refractivity contribution in [1.82, 2.24) is 24.3 Å². The van der Waals surface area contributed by atoms with E-state index >= 15 is 0 Å². The van der Waals surface area contributed by atoms with E-state index in [0.29, 0.717) is 5.95 Å². The number of hydrogen-bond donors (Lipinski definition) is 2. The molecule has 0 bridgehead atoms. The summed E-state index contributed by atoms with van der Waals surface area (Å²) in [7, 11) is 0. The zero-order valence-electron chi connectivity index (χ0n) is 13.2. The van der Waals surface area contributed by atoms with Crippen LogP contribution in [0.1, 0.15) is 0 Å². The lowest BCUT2D eigenvalue weighted by molar-refractivity contribution is 1.19. The normalized spacial score (nSPS) is 11.2. The quantitative estimate of drug-likeness (QED) is 0.525. The van der Waals surface area contributed by atoms with E-state index < -0.39 is 0 Å². The summed E-state index contributed by atoms with van der Waals surface area (Å²) in [6, 6.07) is 13.9. The van der Waals surface area contributed by atoms with Gasteiger partial charge < -0.3 is 14.7 Å². The number of aromatic nitrogens is 5. The number of benzene rings is 1. The van der Waals surface area contributed by atoms with Gasteiger partial charge in [0.25, 0.3) is 0 Å². The van der Waals surface area contributed by atoms with E-state index in [4.69, 9.17) is 0 Å². The molecule has 0 saturated carbocycles. The first-order valence-electron chi connectivity index (χ1n) is 7.96. The molecule has 4 heterocycles. The van der Waals surface area contributed by atoms with E-state index in [1.165, 1.54) is 0 Å². The maximum atomic E-state index is 4.57. The monoisotopic (exact) mass is 326 g/mol. The summed E-state index contributed by atoms with van der Waals surface area (Å²) in [6.07, 6.45) is 9.59. The number of pyridine rings is 1. The van der Waals surface area contributed by atoms with Crippen molar-refractivity contribution in [2.75, 3.05) is 5.32 Å². The maximum Gasteiger partial charge on any atom is 0.229 e. The number of anilines is 2. The number of para-hydroxylation sites is 1. The zero-order chi connectivity index (χ0) is 16.6. The summed E-state index contributed by atoms with van der Waals surface area (Å²) in [5.74, 6) is 0.567. The lowest BCUT2D eigenvalue weighted by Gasteiger charge is -2.04. The van der Waals surface area contributed by atoms with Crippen LogP contribution in [0, 0.1) is 0 Å². The zero-order valence-corrected chi connectivity index (χ0v) is 13.2. The average molecular weight is 326 g/mol. The molecule has 5 aromatic rings.